The van der Waals surface area contributed by atoms with Crippen LogP contribution in [0.5, 0.6) is 0 Å². The van der Waals surface area contributed by atoms with Crippen molar-refractivity contribution in [3.8, 4) is 0 Å². The molecule has 1 heteroatoms. The maximum absolute atomic E-state index is 4.19. The van der Waals surface area contributed by atoms with E-state index in [-0.39, 0.29) is 0 Å². The summed E-state index contributed by atoms with van der Waals surface area (Å²) in [5.74, 6) is 0. The van der Waals surface area contributed by atoms with Crippen LogP contribution in [0.25, 0.3) is 0 Å². The smallest absolute Gasteiger partial charge is 0.109 e. The molecule has 0 N–H and O–H groups in total. The molecule has 0 saturated heterocycles. The Morgan fingerprint density at radius 1 is 1.19 bits per heavy atom. The van der Waals surface area contributed by atoms with Gasteiger partial charge in [-0.15, -0.1) is 12.1 Å². The lowest BCUT2D eigenvalue weighted by Crippen LogP contribution is -2.11. The maximum atomic E-state index is 4.19. The zero-order valence-electron chi connectivity index (χ0n) is 11.1. The van der Waals surface area contributed by atoms with Crippen LogP contribution in [0.1, 0.15) is 39.5 Å². The first-order valence-electron chi connectivity index (χ1n) is 6.52. The second-order valence-corrected chi connectivity index (χ2v) is 5.74. The van der Waals surface area contributed by atoms with Gasteiger partial charge in [-0.25, -0.2) is 0 Å². The van der Waals surface area contributed by atoms with Crippen molar-refractivity contribution in [3.63, 3.8) is 0 Å². The SMILES string of the molecule is C=C1CC/C=C\CC(C)(C)/C=C\CCB1C. The largest absolute Gasteiger partial charge is 0.166 e. The molecule has 1 aliphatic rings. The molecule has 0 aromatic rings. The van der Waals surface area contributed by atoms with Gasteiger partial charge in [0.05, 0.1) is 0 Å². The minimum absolute atomic E-state index is 0.315. The lowest BCUT2D eigenvalue weighted by molar-refractivity contribution is 0.486. The van der Waals surface area contributed by atoms with Crippen LogP contribution >= 0.6 is 0 Å². The Labute approximate surface area is 102 Å². The van der Waals surface area contributed by atoms with E-state index in [0.717, 1.165) is 19.3 Å². The minimum atomic E-state index is 0.315. The monoisotopic (exact) mass is 216 g/mol. The molecular formula is C15H25B. The van der Waals surface area contributed by atoms with Crippen LogP contribution in [-0.2, 0) is 0 Å². The summed E-state index contributed by atoms with van der Waals surface area (Å²) in [5.41, 5.74) is 1.73. The van der Waals surface area contributed by atoms with Crippen molar-refractivity contribution in [1.82, 2.24) is 0 Å². The van der Waals surface area contributed by atoms with E-state index in [0.29, 0.717) is 12.1 Å². The van der Waals surface area contributed by atoms with Crippen molar-refractivity contribution >= 4 is 6.71 Å². The second kappa shape index (κ2) is 6.13. The van der Waals surface area contributed by atoms with Crippen molar-refractivity contribution in [3.05, 3.63) is 36.4 Å². The van der Waals surface area contributed by atoms with Gasteiger partial charge >= 0.3 is 0 Å². The lowest BCUT2D eigenvalue weighted by atomic mass is 9.43. The maximum Gasteiger partial charge on any atom is 0.166 e. The molecule has 0 aromatic carbocycles. The molecule has 0 radical (unpaired) electrons. The molecule has 1 aliphatic heterocycles. The summed E-state index contributed by atoms with van der Waals surface area (Å²) in [4.78, 5) is 0. The first-order valence-corrected chi connectivity index (χ1v) is 6.52. The van der Waals surface area contributed by atoms with Gasteiger partial charge in [-0.2, -0.15) is 0 Å². The van der Waals surface area contributed by atoms with Crippen LogP contribution in [0.3, 0.4) is 0 Å². The summed E-state index contributed by atoms with van der Waals surface area (Å²) >= 11 is 0. The van der Waals surface area contributed by atoms with Gasteiger partial charge in [-0.1, -0.05) is 51.3 Å². The third-order valence-corrected chi connectivity index (χ3v) is 3.48. The van der Waals surface area contributed by atoms with Gasteiger partial charge < -0.3 is 0 Å². The molecule has 0 unspecified atom stereocenters. The molecule has 88 valence electrons. The summed E-state index contributed by atoms with van der Waals surface area (Å²) in [7, 11) is 0. The summed E-state index contributed by atoms with van der Waals surface area (Å²) in [5, 5.41) is 0. The predicted octanol–water partition coefficient (Wildman–Crippen LogP) is 4.92. The van der Waals surface area contributed by atoms with Crippen molar-refractivity contribution in [2.75, 3.05) is 0 Å². The lowest BCUT2D eigenvalue weighted by Gasteiger charge is -2.18. The van der Waals surface area contributed by atoms with Crippen LogP contribution in [0.15, 0.2) is 36.4 Å². The molecule has 0 fully saturated rings. The Kier molecular flexibility index (Phi) is 5.11. The van der Waals surface area contributed by atoms with Crippen molar-refractivity contribution < 1.29 is 0 Å². The van der Waals surface area contributed by atoms with Crippen LogP contribution < -0.4 is 0 Å². The van der Waals surface area contributed by atoms with Gasteiger partial charge in [-0.3, -0.25) is 0 Å². The molecular weight excluding hydrogens is 191 g/mol. The van der Waals surface area contributed by atoms with Crippen LogP contribution in [0.4, 0.5) is 0 Å². The first kappa shape index (κ1) is 13.4. The molecule has 1 heterocycles. The quantitative estimate of drug-likeness (QED) is 0.398. The average Bonchev–Trinajstić information content (AvgIpc) is 2.22. The van der Waals surface area contributed by atoms with Gasteiger partial charge in [0.2, 0.25) is 0 Å². The molecule has 0 aromatic heterocycles. The molecule has 0 spiro atoms. The fourth-order valence-corrected chi connectivity index (χ4v) is 2.04. The van der Waals surface area contributed by atoms with Crippen LogP contribution in [0.2, 0.25) is 13.1 Å². The highest BCUT2D eigenvalue weighted by Crippen LogP contribution is 2.24. The average molecular weight is 216 g/mol. The first-order chi connectivity index (χ1) is 7.51. The Bertz CT molecular complexity index is 284. The third kappa shape index (κ3) is 4.87. The molecule has 1 rings (SSSR count). The molecule has 0 nitrogen and oxygen atoms in total. The Morgan fingerprint density at radius 3 is 2.69 bits per heavy atom. The highest BCUT2D eigenvalue weighted by atomic mass is 14.2. The number of hydrogen-bond donors (Lipinski definition) is 0. The van der Waals surface area contributed by atoms with Crippen molar-refractivity contribution in [2.24, 2.45) is 5.41 Å². The summed E-state index contributed by atoms with van der Waals surface area (Å²) in [6, 6.07) is 0. The van der Waals surface area contributed by atoms with E-state index in [1.54, 1.807) is 0 Å². The predicted molar refractivity (Wildman–Crippen MR) is 76.1 cm³/mol. The van der Waals surface area contributed by atoms with E-state index >= 15 is 0 Å². The minimum Gasteiger partial charge on any atom is -0.109 e. The van der Waals surface area contributed by atoms with Crippen LogP contribution in [0, 0.1) is 5.41 Å². The van der Waals surface area contributed by atoms with Crippen molar-refractivity contribution in [1.29, 1.82) is 0 Å². The Morgan fingerprint density at radius 2 is 1.94 bits per heavy atom. The second-order valence-electron chi connectivity index (χ2n) is 5.74. The van der Waals surface area contributed by atoms with E-state index in [1.165, 1.54) is 18.2 Å². The van der Waals surface area contributed by atoms with E-state index in [1.807, 2.05) is 0 Å². The highest BCUT2D eigenvalue weighted by Gasteiger charge is 2.13. The highest BCUT2D eigenvalue weighted by molar-refractivity contribution is 6.65. The standard InChI is InChI=1S/C15H25B/c1-14-10-6-5-7-11-15(2,3)12-8-9-13-16(14)4/h5,7-8,12H,1,6,9-11,13H2,2-4H3/b7-5-,12-8-. The molecule has 0 saturated carbocycles. The topological polar surface area (TPSA) is 0 Å². The molecule has 16 heavy (non-hydrogen) atoms. The number of rotatable bonds is 0. The fourth-order valence-electron chi connectivity index (χ4n) is 2.04. The van der Waals surface area contributed by atoms with E-state index in [4.69, 9.17) is 0 Å². The number of hydrogen-bond acceptors (Lipinski definition) is 0. The summed E-state index contributed by atoms with van der Waals surface area (Å²) < 4.78 is 0. The van der Waals surface area contributed by atoms with Gasteiger partial charge in [0.25, 0.3) is 0 Å². The van der Waals surface area contributed by atoms with Crippen molar-refractivity contribution in [2.45, 2.75) is 52.7 Å². The zero-order chi connectivity index (χ0) is 12.0. The normalized spacial score (nSPS) is 26.7. The summed E-state index contributed by atoms with van der Waals surface area (Å²) in [6.45, 7) is 11.8. The van der Waals surface area contributed by atoms with E-state index in [2.05, 4.69) is 51.6 Å². The third-order valence-electron chi connectivity index (χ3n) is 3.48. The van der Waals surface area contributed by atoms with Gasteiger partial charge in [0.15, 0.2) is 6.71 Å². The zero-order valence-corrected chi connectivity index (χ0v) is 11.1. The molecule has 0 aliphatic carbocycles. The number of allylic oxidation sites excluding steroid dienone is 5. The molecule has 0 atom stereocenters. The van der Waals surface area contributed by atoms with Gasteiger partial charge in [0.1, 0.15) is 0 Å². The fraction of sp³-hybridized carbons (Fsp3) is 0.600. The Balaban J connectivity index is 2.64. The van der Waals surface area contributed by atoms with Crippen LogP contribution in [-0.4, -0.2) is 6.71 Å². The summed E-state index contributed by atoms with van der Waals surface area (Å²) in [6.07, 6.45) is 15.2. The molecule has 0 amide bonds. The van der Waals surface area contributed by atoms with E-state index in [9.17, 15) is 0 Å². The Hall–Kier alpha value is -0.715. The van der Waals surface area contributed by atoms with Gasteiger partial charge in [0, 0.05) is 0 Å². The van der Waals surface area contributed by atoms with E-state index < -0.39 is 0 Å². The molecule has 0 bridgehead atoms. The van der Waals surface area contributed by atoms with Gasteiger partial charge in [-0.05, 0) is 31.1 Å².